The van der Waals surface area contributed by atoms with Gasteiger partial charge in [0.2, 0.25) is 0 Å². The van der Waals surface area contributed by atoms with Gasteiger partial charge >= 0.3 is 11.9 Å². The van der Waals surface area contributed by atoms with E-state index in [4.69, 9.17) is 14.2 Å². The van der Waals surface area contributed by atoms with E-state index in [1.54, 1.807) is 21.1 Å². The molecule has 0 aromatic heterocycles. The third kappa shape index (κ3) is 30.8. The maximum absolute atomic E-state index is 12.6. The van der Waals surface area contributed by atoms with Crippen molar-refractivity contribution < 1.29 is 38.2 Å². The number of quaternary nitrogens is 1. The fraction of sp³-hybridized carbons (Fsp3) is 0.683. The van der Waals surface area contributed by atoms with Gasteiger partial charge in [0, 0.05) is 19.3 Å². The Kier molecular flexibility index (Phi) is 30.3. The number of ether oxygens (including phenoxy) is 3. The molecule has 0 saturated carbocycles. The van der Waals surface area contributed by atoms with Crippen LogP contribution in [0.25, 0.3) is 0 Å². The van der Waals surface area contributed by atoms with Gasteiger partial charge in [0.15, 0.2) is 6.10 Å². The fourth-order valence-corrected chi connectivity index (χ4v) is 4.99. The quantitative estimate of drug-likeness (QED) is 0.0305. The van der Waals surface area contributed by atoms with Gasteiger partial charge in [-0.2, -0.15) is 0 Å². The van der Waals surface area contributed by atoms with E-state index >= 15 is 0 Å². The highest BCUT2D eigenvalue weighted by atomic mass is 16.6. The van der Waals surface area contributed by atoms with E-state index in [0.29, 0.717) is 12.8 Å². The van der Waals surface area contributed by atoms with Crippen molar-refractivity contribution in [3.63, 3.8) is 0 Å². The molecule has 0 aliphatic heterocycles. The minimum Gasteiger partial charge on any atom is -0.544 e. The summed E-state index contributed by atoms with van der Waals surface area (Å²) in [5, 5.41) is 11.6. The number of esters is 2. The van der Waals surface area contributed by atoms with Crippen LogP contribution in [-0.2, 0) is 28.6 Å². The van der Waals surface area contributed by atoms with Crippen LogP contribution in [0.3, 0.4) is 0 Å². The number of unbranched alkanes of at least 4 members (excludes halogenated alkanes) is 8. The molecule has 49 heavy (non-hydrogen) atoms. The second-order valence-corrected chi connectivity index (χ2v) is 13.4. The Bertz CT molecular complexity index is 990. The first-order chi connectivity index (χ1) is 23.6. The lowest BCUT2D eigenvalue weighted by Crippen LogP contribution is -2.55. The van der Waals surface area contributed by atoms with Crippen molar-refractivity contribution >= 4 is 17.9 Å². The van der Waals surface area contributed by atoms with Gasteiger partial charge in [-0.25, -0.2) is 0 Å². The number of carboxylic acid groups (broad SMARTS) is 1. The van der Waals surface area contributed by atoms with Crippen LogP contribution in [0.5, 0.6) is 0 Å². The zero-order valence-electron chi connectivity index (χ0n) is 31.6. The molecule has 8 heteroatoms. The summed E-state index contributed by atoms with van der Waals surface area (Å²) >= 11 is 0. The van der Waals surface area contributed by atoms with Gasteiger partial charge in [0.1, 0.15) is 12.6 Å². The standard InChI is InChI=1S/C41H69NO7/c1-6-8-10-12-14-16-17-18-19-20-21-22-23-24-26-28-30-32-40(44)49-37(35-47-34-33-38(41(45)46)42(3,4)5)36-48-39(43)31-29-27-25-15-13-11-9-7-2/h8,10,14,16,18-19,21-22,24,26,37-38H,6-7,9,11-13,15,17,20,23,25,27-36H2,1-5H3/b10-8+,16-14+,19-18+,22-21+,26-24+. The van der Waals surface area contributed by atoms with Gasteiger partial charge in [0.05, 0.1) is 40.3 Å². The monoisotopic (exact) mass is 688 g/mol. The first-order valence-electron chi connectivity index (χ1n) is 18.8. The second kappa shape index (κ2) is 32.2. The van der Waals surface area contributed by atoms with Crippen molar-refractivity contribution in [3.8, 4) is 0 Å². The van der Waals surface area contributed by atoms with Crippen LogP contribution < -0.4 is 5.11 Å². The molecule has 0 fully saturated rings. The molecule has 0 radical (unpaired) electrons. The van der Waals surface area contributed by atoms with Gasteiger partial charge in [0.25, 0.3) is 0 Å². The van der Waals surface area contributed by atoms with E-state index in [9.17, 15) is 19.5 Å². The summed E-state index contributed by atoms with van der Waals surface area (Å²) in [5.74, 6) is -1.83. The fourth-order valence-electron chi connectivity index (χ4n) is 4.99. The van der Waals surface area contributed by atoms with Crippen LogP contribution in [-0.4, -0.2) is 75.5 Å². The number of nitrogens with zero attached hydrogens (tertiary/aromatic N) is 1. The first kappa shape index (κ1) is 46.0. The topological polar surface area (TPSA) is 102 Å². The molecule has 280 valence electrons. The predicted octanol–water partition coefficient (Wildman–Crippen LogP) is 8.13. The molecule has 8 nitrogen and oxygen atoms in total. The molecule has 0 aromatic carbocycles. The van der Waals surface area contributed by atoms with Gasteiger partial charge in [-0.3, -0.25) is 9.59 Å². The normalized spacial score (nSPS) is 13.7. The Labute approximate surface area is 298 Å². The number of likely N-dealkylation sites (N-methyl/N-ethyl adjacent to an activating group) is 1. The molecule has 0 aromatic rings. The van der Waals surface area contributed by atoms with Crippen LogP contribution in [0, 0.1) is 0 Å². The zero-order valence-corrected chi connectivity index (χ0v) is 31.6. The Morgan fingerprint density at radius 1 is 0.633 bits per heavy atom. The highest BCUT2D eigenvalue weighted by Gasteiger charge is 2.25. The van der Waals surface area contributed by atoms with Crippen molar-refractivity contribution in [1.29, 1.82) is 0 Å². The molecule has 0 heterocycles. The molecule has 0 aliphatic carbocycles. The maximum atomic E-state index is 12.6. The number of carboxylic acids is 1. The largest absolute Gasteiger partial charge is 0.544 e. The Morgan fingerprint density at radius 2 is 1.14 bits per heavy atom. The number of allylic oxidation sites excluding steroid dienone is 10. The number of carbonyl (C=O) groups is 3. The summed E-state index contributed by atoms with van der Waals surface area (Å²) in [4.78, 5) is 36.5. The molecule has 0 spiro atoms. The number of aliphatic carboxylic acids is 1. The van der Waals surface area contributed by atoms with E-state index in [-0.39, 0.29) is 49.1 Å². The smallest absolute Gasteiger partial charge is 0.306 e. The van der Waals surface area contributed by atoms with Crippen molar-refractivity contribution in [2.75, 3.05) is 41.0 Å². The molecule has 2 unspecified atom stereocenters. The molecule has 0 amide bonds. The van der Waals surface area contributed by atoms with Crippen LogP contribution >= 0.6 is 0 Å². The maximum Gasteiger partial charge on any atom is 0.306 e. The zero-order chi connectivity index (χ0) is 36.4. The SMILES string of the molecule is CC/C=C/C/C=C/C/C=C/C/C=C/C/C=C/CCCC(=O)OC(COCCC(C(=O)[O-])[N+](C)(C)C)COC(=O)CCCCCCCCCC. The van der Waals surface area contributed by atoms with Crippen molar-refractivity contribution in [2.45, 2.75) is 142 Å². The lowest BCUT2D eigenvalue weighted by molar-refractivity contribution is -0.889. The molecule has 0 bridgehead atoms. The van der Waals surface area contributed by atoms with E-state index in [2.05, 4.69) is 74.6 Å². The van der Waals surface area contributed by atoms with Crippen LogP contribution in [0.1, 0.15) is 129 Å². The third-order valence-corrected chi connectivity index (χ3v) is 7.92. The third-order valence-electron chi connectivity index (χ3n) is 7.92. The summed E-state index contributed by atoms with van der Waals surface area (Å²) in [6.07, 6.45) is 36.9. The highest BCUT2D eigenvalue weighted by molar-refractivity contribution is 5.70. The van der Waals surface area contributed by atoms with E-state index in [1.807, 2.05) is 0 Å². The van der Waals surface area contributed by atoms with E-state index in [0.717, 1.165) is 57.8 Å². The van der Waals surface area contributed by atoms with E-state index < -0.39 is 18.1 Å². The molecule has 0 aliphatic rings. The Morgan fingerprint density at radius 3 is 1.67 bits per heavy atom. The molecule has 2 atom stereocenters. The molecular formula is C41H69NO7. The summed E-state index contributed by atoms with van der Waals surface area (Å²) in [6.45, 7) is 4.42. The average molecular weight is 688 g/mol. The lowest BCUT2D eigenvalue weighted by atomic mass is 10.1. The summed E-state index contributed by atoms with van der Waals surface area (Å²) in [6, 6.07) is -0.735. The molecule has 0 rings (SSSR count). The van der Waals surface area contributed by atoms with Gasteiger partial charge in [-0.15, -0.1) is 0 Å². The average Bonchev–Trinajstić information content (AvgIpc) is 3.05. The van der Waals surface area contributed by atoms with Crippen LogP contribution in [0.15, 0.2) is 60.8 Å². The minimum atomic E-state index is -1.14. The van der Waals surface area contributed by atoms with Gasteiger partial charge in [-0.1, -0.05) is 120 Å². The van der Waals surface area contributed by atoms with Gasteiger partial charge < -0.3 is 28.6 Å². The summed E-state index contributed by atoms with van der Waals surface area (Å²) in [5.41, 5.74) is 0. The predicted molar refractivity (Wildman–Crippen MR) is 199 cm³/mol. The lowest BCUT2D eigenvalue weighted by Gasteiger charge is -2.34. The van der Waals surface area contributed by atoms with Gasteiger partial charge in [-0.05, 0) is 51.4 Å². The molecule has 0 N–H and O–H groups in total. The Balaban J connectivity index is 4.52. The number of hydrogen-bond acceptors (Lipinski definition) is 7. The minimum absolute atomic E-state index is 0.0163. The first-order valence-corrected chi connectivity index (χ1v) is 18.8. The second-order valence-electron chi connectivity index (χ2n) is 13.4. The van der Waals surface area contributed by atoms with E-state index in [1.165, 1.54) is 32.1 Å². The van der Waals surface area contributed by atoms with Crippen LogP contribution in [0.4, 0.5) is 0 Å². The molecular weight excluding hydrogens is 618 g/mol. The van der Waals surface area contributed by atoms with Crippen molar-refractivity contribution in [1.82, 2.24) is 0 Å². The van der Waals surface area contributed by atoms with Crippen molar-refractivity contribution in [2.24, 2.45) is 0 Å². The Hall–Kier alpha value is -2.97. The van der Waals surface area contributed by atoms with Crippen LogP contribution in [0.2, 0.25) is 0 Å². The number of carbonyl (C=O) groups excluding carboxylic acids is 3. The number of hydrogen-bond donors (Lipinski definition) is 0. The summed E-state index contributed by atoms with van der Waals surface area (Å²) < 4.78 is 17.0. The highest BCUT2D eigenvalue weighted by Crippen LogP contribution is 2.12. The molecule has 0 saturated heterocycles. The summed E-state index contributed by atoms with van der Waals surface area (Å²) in [7, 11) is 5.36. The van der Waals surface area contributed by atoms with Crippen molar-refractivity contribution in [3.05, 3.63) is 60.8 Å². The number of rotatable bonds is 32.